The minimum Gasteiger partial charge on any atom is -0.329 e. The van der Waals surface area contributed by atoms with Crippen LogP contribution in [0.2, 0.25) is 0 Å². The van der Waals surface area contributed by atoms with Gasteiger partial charge in [-0.3, -0.25) is 14.8 Å². The lowest BCUT2D eigenvalue weighted by Crippen LogP contribution is -2.14. The summed E-state index contributed by atoms with van der Waals surface area (Å²) >= 11 is 0. The van der Waals surface area contributed by atoms with E-state index in [1.807, 2.05) is 0 Å². The van der Waals surface area contributed by atoms with Crippen molar-refractivity contribution in [3.63, 3.8) is 0 Å². The molecule has 10 heteroatoms. The molecular weight excluding hydrogens is 226 g/mol. The molecule has 2 rings (SSSR count). The summed E-state index contributed by atoms with van der Waals surface area (Å²) in [6.07, 6.45) is 1.50. The van der Waals surface area contributed by atoms with Gasteiger partial charge in [0.2, 0.25) is 0 Å². The molecule has 0 saturated heterocycles. The predicted molar refractivity (Wildman–Crippen MR) is 55.8 cm³/mol. The summed E-state index contributed by atoms with van der Waals surface area (Å²) in [5, 5.41) is 20.9. The van der Waals surface area contributed by atoms with Crippen LogP contribution in [0.5, 0.6) is 0 Å². The van der Waals surface area contributed by atoms with Gasteiger partial charge in [0.05, 0.1) is 19.8 Å². The number of rotatable bonds is 4. The molecule has 2 heterocycles. The molecule has 0 aliphatic carbocycles. The Morgan fingerprint density at radius 3 is 2.94 bits per heavy atom. The number of aromatic nitrogens is 7. The third-order valence-electron chi connectivity index (χ3n) is 1.86. The molecule has 10 nitrogen and oxygen atoms in total. The van der Waals surface area contributed by atoms with Gasteiger partial charge in [-0.25, -0.2) is 0 Å². The Morgan fingerprint density at radius 2 is 2.29 bits per heavy atom. The third kappa shape index (κ3) is 2.60. The summed E-state index contributed by atoms with van der Waals surface area (Å²) in [7, 11) is 1.60. The molecule has 0 unspecified atom stereocenters. The van der Waals surface area contributed by atoms with Gasteiger partial charge in [-0.15, -0.1) is 10.2 Å². The van der Waals surface area contributed by atoms with E-state index in [-0.39, 0.29) is 11.6 Å². The van der Waals surface area contributed by atoms with Crippen molar-refractivity contribution in [2.45, 2.75) is 6.54 Å². The molecule has 0 fully saturated rings. The van der Waals surface area contributed by atoms with Crippen LogP contribution in [0.3, 0.4) is 0 Å². The minimum absolute atomic E-state index is 0.117. The molecule has 0 aliphatic rings. The zero-order valence-corrected chi connectivity index (χ0v) is 9.11. The molecule has 0 radical (unpaired) electrons. The molecule has 2 aromatic rings. The SMILES string of the molecule is Cn1nnc(NC(=O)c2cn(CCN)nn2)n1. The zero-order valence-electron chi connectivity index (χ0n) is 9.11. The molecule has 2 aromatic heterocycles. The van der Waals surface area contributed by atoms with Crippen molar-refractivity contribution in [2.75, 3.05) is 11.9 Å². The predicted octanol–water partition coefficient (Wildman–Crippen LogP) is -1.99. The Labute approximate surface area is 95.8 Å². The Morgan fingerprint density at radius 1 is 1.47 bits per heavy atom. The van der Waals surface area contributed by atoms with Gasteiger partial charge in [0.1, 0.15) is 0 Å². The van der Waals surface area contributed by atoms with E-state index in [0.717, 1.165) is 0 Å². The Kier molecular flexibility index (Phi) is 3.05. The van der Waals surface area contributed by atoms with Crippen LogP contribution in [-0.2, 0) is 13.6 Å². The first-order chi connectivity index (χ1) is 8.19. The average molecular weight is 237 g/mol. The molecule has 0 atom stereocenters. The summed E-state index contributed by atoms with van der Waals surface area (Å²) in [6.45, 7) is 0.930. The second kappa shape index (κ2) is 4.65. The maximum Gasteiger partial charge on any atom is 0.280 e. The number of anilines is 1. The zero-order chi connectivity index (χ0) is 12.3. The van der Waals surface area contributed by atoms with Crippen LogP contribution in [0.15, 0.2) is 6.20 Å². The van der Waals surface area contributed by atoms with Gasteiger partial charge >= 0.3 is 0 Å². The van der Waals surface area contributed by atoms with Crippen LogP contribution in [0, 0.1) is 0 Å². The lowest BCUT2D eigenvalue weighted by Gasteiger charge is -1.95. The standard InChI is InChI=1S/C7H11N9O/c1-15-12-7(11-13-15)9-6(17)5-4-16(3-2-8)14-10-5/h4H,2-3,8H2,1H3,(H,9,12,17). The quantitative estimate of drug-likeness (QED) is 0.629. The number of tetrazole rings is 1. The highest BCUT2D eigenvalue weighted by molar-refractivity contribution is 6.01. The highest BCUT2D eigenvalue weighted by atomic mass is 16.2. The molecule has 17 heavy (non-hydrogen) atoms. The molecule has 0 spiro atoms. The van der Waals surface area contributed by atoms with Crippen molar-refractivity contribution < 1.29 is 4.79 Å². The summed E-state index contributed by atoms with van der Waals surface area (Å²) in [4.78, 5) is 12.9. The number of hydrogen-bond acceptors (Lipinski definition) is 7. The normalized spacial score (nSPS) is 10.5. The van der Waals surface area contributed by atoms with E-state index in [1.54, 1.807) is 7.05 Å². The van der Waals surface area contributed by atoms with Gasteiger partial charge in [-0.05, 0) is 5.21 Å². The number of aryl methyl sites for hydroxylation is 1. The van der Waals surface area contributed by atoms with Crippen LogP contribution >= 0.6 is 0 Å². The first kappa shape index (κ1) is 11.1. The van der Waals surface area contributed by atoms with E-state index in [0.29, 0.717) is 13.1 Å². The summed E-state index contributed by atoms with van der Waals surface area (Å²) in [5.74, 6) is -0.327. The lowest BCUT2D eigenvalue weighted by molar-refractivity contribution is 0.102. The van der Waals surface area contributed by atoms with Gasteiger partial charge in [-0.1, -0.05) is 10.3 Å². The van der Waals surface area contributed by atoms with Gasteiger partial charge in [-0.2, -0.15) is 4.80 Å². The first-order valence-corrected chi connectivity index (χ1v) is 4.84. The van der Waals surface area contributed by atoms with E-state index < -0.39 is 5.91 Å². The second-order valence-electron chi connectivity index (χ2n) is 3.21. The highest BCUT2D eigenvalue weighted by Gasteiger charge is 2.13. The number of nitrogens with one attached hydrogen (secondary N) is 1. The van der Waals surface area contributed by atoms with E-state index in [1.165, 1.54) is 15.7 Å². The highest BCUT2D eigenvalue weighted by Crippen LogP contribution is 1.98. The van der Waals surface area contributed by atoms with E-state index in [4.69, 9.17) is 5.73 Å². The fourth-order valence-corrected chi connectivity index (χ4v) is 1.14. The third-order valence-corrected chi connectivity index (χ3v) is 1.86. The van der Waals surface area contributed by atoms with E-state index in [2.05, 4.69) is 31.0 Å². The number of hydrogen-bond donors (Lipinski definition) is 2. The molecule has 0 bridgehead atoms. The number of carbonyl (C=O) groups is 1. The molecule has 1 amide bonds. The lowest BCUT2D eigenvalue weighted by atomic mass is 10.4. The molecular formula is C7H11N9O. The Balaban J connectivity index is 2.03. The number of nitrogens with zero attached hydrogens (tertiary/aromatic N) is 7. The molecule has 0 saturated carbocycles. The van der Waals surface area contributed by atoms with Crippen molar-refractivity contribution in [1.82, 2.24) is 35.2 Å². The molecule has 0 aliphatic heterocycles. The second-order valence-corrected chi connectivity index (χ2v) is 3.21. The fourth-order valence-electron chi connectivity index (χ4n) is 1.14. The summed E-state index contributed by atoms with van der Waals surface area (Å²) < 4.78 is 1.49. The van der Waals surface area contributed by atoms with Crippen LogP contribution in [0.1, 0.15) is 10.5 Å². The monoisotopic (exact) mass is 237 g/mol. The number of amides is 1. The van der Waals surface area contributed by atoms with Crippen molar-refractivity contribution in [3.8, 4) is 0 Å². The first-order valence-electron chi connectivity index (χ1n) is 4.84. The molecule has 0 aromatic carbocycles. The van der Waals surface area contributed by atoms with Gasteiger partial charge in [0, 0.05) is 6.54 Å². The van der Waals surface area contributed by atoms with E-state index >= 15 is 0 Å². The summed E-state index contributed by atoms with van der Waals surface area (Å²) in [5.41, 5.74) is 5.52. The Bertz CT molecular complexity index is 515. The van der Waals surface area contributed by atoms with Crippen LogP contribution < -0.4 is 11.1 Å². The van der Waals surface area contributed by atoms with E-state index in [9.17, 15) is 4.79 Å². The molecule has 3 N–H and O–H groups in total. The molecule has 90 valence electrons. The van der Waals surface area contributed by atoms with Crippen LogP contribution in [0.25, 0.3) is 0 Å². The maximum absolute atomic E-state index is 11.7. The van der Waals surface area contributed by atoms with Crippen molar-refractivity contribution in [2.24, 2.45) is 12.8 Å². The topological polar surface area (TPSA) is 129 Å². The number of carbonyl (C=O) groups excluding carboxylic acids is 1. The van der Waals surface area contributed by atoms with Crippen molar-refractivity contribution >= 4 is 11.9 Å². The van der Waals surface area contributed by atoms with Gasteiger partial charge in [0.15, 0.2) is 5.69 Å². The van der Waals surface area contributed by atoms with Crippen LogP contribution in [0.4, 0.5) is 5.95 Å². The maximum atomic E-state index is 11.7. The van der Waals surface area contributed by atoms with Crippen molar-refractivity contribution in [3.05, 3.63) is 11.9 Å². The van der Waals surface area contributed by atoms with Crippen LogP contribution in [-0.4, -0.2) is 47.7 Å². The number of nitrogens with two attached hydrogens (primary N) is 1. The smallest absolute Gasteiger partial charge is 0.280 e. The Hall–Kier alpha value is -2.36. The van der Waals surface area contributed by atoms with Gasteiger partial charge in [0.25, 0.3) is 11.9 Å². The largest absolute Gasteiger partial charge is 0.329 e. The average Bonchev–Trinajstić information content (AvgIpc) is 2.88. The minimum atomic E-state index is -0.443. The summed E-state index contributed by atoms with van der Waals surface area (Å²) in [6, 6.07) is 0. The van der Waals surface area contributed by atoms with Gasteiger partial charge < -0.3 is 5.73 Å². The van der Waals surface area contributed by atoms with Crippen molar-refractivity contribution in [1.29, 1.82) is 0 Å². The fraction of sp³-hybridized carbons (Fsp3) is 0.429.